The summed E-state index contributed by atoms with van der Waals surface area (Å²) in [5.41, 5.74) is -0.0636. The van der Waals surface area contributed by atoms with Crippen molar-refractivity contribution in [3.8, 4) is 0 Å². The second kappa shape index (κ2) is 11.0. The largest absolute Gasteiger partial charge is 0.468 e. The molecule has 1 rings (SSSR count). The molecule has 0 aromatic rings. The summed E-state index contributed by atoms with van der Waals surface area (Å²) in [6, 6.07) is 0. The Bertz CT molecular complexity index is 655. The Labute approximate surface area is 167 Å². The SMILES string of the molecule is COC(=O)C1(C(=O)OC)CC(=O)/C=C(/C)CC[C@H](OC)[C@@H](C)/C=C/C=C(\C)C1. The van der Waals surface area contributed by atoms with Crippen LogP contribution in [0.2, 0.25) is 0 Å². The Morgan fingerprint density at radius 2 is 1.64 bits per heavy atom. The topological polar surface area (TPSA) is 78.9 Å². The molecule has 0 saturated carbocycles. The van der Waals surface area contributed by atoms with Gasteiger partial charge in [-0.05, 0) is 39.2 Å². The molecule has 6 heteroatoms. The molecule has 0 heterocycles. The summed E-state index contributed by atoms with van der Waals surface area (Å²) in [5, 5.41) is 0. The van der Waals surface area contributed by atoms with Gasteiger partial charge in [0.05, 0.1) is 20.3 Å². The van der Waals surface area contributed by atoms with Crippen molar-refractivity contribution < 1.29 is 28.6 Å². The van der Waals surface area contributed by atoms with Crippen LogP contribution >= 0.6 is 0 Å². The predicted octanol–water partition coefficient (Wildman–Crippen LogP) is 3.56. The fourth-order valence-corrected chi connectivity index (χ4v) is 3.54. The van der Waals surface area contributed by atoms with Gasteiger partial charge < -0.3 is 14.2 Å². The normalized spacial score (nSPS) is 28.7. The molecule has 1 aliphatic carbocycles. The first-order valence-corrected chi connectivity index (χ1v) is 9.43. The standard InChI is InChI=1S/C22H32O6/c1-15-10-11-19(26-4)17(3)9-7-8-16(2)13-22(20(24)27-5,21(25)28-6)14-18(23)12-15/h7-9,12,17,19H,10-11,13-14H2,1-6H3/b9-7+,15-12-,16-8+/t17-,19-/m0/s1. The average Bonchev–Trinajstić information content (AvgIpc) is 2.65. The van der Waals surface area contributed by atoms with Gasteiger partial charge in [0.2, 0.25) is 0 Å². The third-order valence-electron chi connectivity index (χ3n) is 5.12. The fraction of sp³-hybridized carbons (Fsp3) is 0.591. The molecule has 28 heavy (non-hydrogen) atoms. The number of carbonyl (C=O) groups excluding carboxylic acids is 3. The minimum Gasteiger partial charge on any atom is -0.468 e. The second-order valence-electron chi connectivity index (χ2n) is 7.45. The fourth-order valence-electron chi connectivity index (χ4n) is 3.54. The Kier molecular flexibility index (Phi) is 9.32. The van der Waals surface area contributed by atoms with Crippen LogP contribution in [0.1, 0.15) is 46.5 Å². The molecule has 156 valence electrons. The lowest BCUT2D eigenvalue weighted by Gasteiger charge is -2.28. The minimum absolute atomic E-state index is 0.0376. The third-order valence-corrected chi connectivity index (χ3v) is 5.12. The van der Waals surface area contributed by atoms with Crippen LogP contribution in [0, 0.1) is 11.3 Å². The van der Waals surface area contributed by atoms with E-state index >= 15 is 0 Å². The van der Waals surface area contributed by atoms with Crippen molar-refractivity contribution >= 4 is 17.7 Å². The van der Waals surface area contributed by atoms with Crippen molar-refractivity contribution in [1.29, 1.82) is 0 Å². The molecule has 0 radical (unpaired) electrons. The van der Waals surface area contributed by atoms with Gasteiger partial charge >= 0.3 is 11.9 Å². The zero-order valence-corrected chi connectivity index (χ0v) is 17.7. The van der Waals surface area contributed by atoms with Crippen molar-refractivity contribution in [2.24, 2.45) is 11.3 Å². The lowest BCUT2D eigenvalue weighted by atomic mass is 9.76. The Hall–Kier alpha value is -2.21. The molecule has 0 aliphatic heterocycles. The van der Waals surface area contributed by atoms with Gasteiger partial charge in [0.25, 0.3) is 0 Å². The third kappa shape index (κ3) is 6.16. The summed E-state index contributed by atoms with van der Waals surface area (Å²) in [5.74, 6) is -1.67. The van der Waals surface area contributed by atoms with E-state index in [1.165, 1.54) is 20.3 Å². The highest BCUT2D eigenvalue weighted by molar-refractivity contribution is 6.06. The summed E-state index contributed by atoms with van der Waals surface area (Å²) in [6.07, 6.45) is 8.48. The smallest absolute Gasteiger partial charge is 0.324 e. The molecule has 0 saturated heterocycles. The van der Waals surface area contributed by atoms with Crippen LogP contribution in [-0.2, 0) is 28.6 Å². The van der Waals surface area contributed by atoms with Crippen molar-refractivity contribution in [3.63, 3.8) is 0 Å². The molecule has 0 aromatic heterocycles. The molecule has 6 nitrogen and oxygen atoms in total. The number of carbonyl (C=O) groups is 3. The lowest BCUT2D eigenvalue weighted by molar-refractivity contribution is -0.170. The summed E-state index contributed by atoms with van der Waals surface area (Å²) in [6.45, 7) is 5.73. The van der Waals surface area contributed by atoms with E-state index in [4.69, 9.17) is 14.2 Å². The zero-order valence-electron chi connectivity index (χ0n) is 17.7. The van der Waals surface area contributed by atoms with Crippen LogP contribution in [0.25, 0.3) is 0 Å². The first kappa shape index (κ1) is 23.8. The summed E-state index contributed by atoms with van der Waals surface area (Å²) in [7, 11) is 4.09. The van der Waals surface area contributed by atoms with Gasteiger partial charge in [-0.1, -0.05) is 36.3 Å². The van der Waals surface area contributed by atoms with Gasteiger partial charge in [-0.2, -0.15) is 0 Å². The number of methoxy groups -OCH3 is 3. The van der Waals surface area contributed by atoms with Crippen LogP contribution in [0.3, 0.4) is 0 Å². The molecule has 0 fully saturated rings. The van der Waals surface area contributed by atoms with Crippen LogP contribution in [0.15, 0.2) is 35.5 Å². The van der Waals surface area contributed by atoms with Gasteiger partial charge in [-0.25, -0.2) is 0 Å². The van der Waals surface area contributed by atoms with E-state index in [-0.39, 0.29) is 30.6 Å². The average molecular weight is 392 g/mol. The van der Waals surface area contributed by atoms with E-state index in [9.17, 15) is 14.4 Å². The number of rotatable bonds is 3. The number of hydrogen-bond donors (Lipinski definition) is 0. The second-order valence-corrected chi connectivity index (χ2v) is 7.45. The first-order valence-electron chi connectivity index (χ1n) is 9.43. The molecule has 0 amide bonds. The number of esters is 2. The van der Waals surface area contributed by atoms with Gasteiger partial charge in [0, 0.05) is 19.4 Å². The predicted molar refractivity (Wildman–Crippen MR) is 107 cm³/mol. The van der Waals surface area contributed by atoms with Crippen LogP contribution in [0.4, 0.5) is 0 Å². The Morgan fingerprint density at radius 1 is 1.04 bits per heavy atom. The molecule has 0 N–H and O–H groups in total. The van der Waals surface area contributed by atoms with Crippen LogP contribution in [0.5, 0.6) is 0 Å². The molecule has 0 unspecified atom stereocenters. The maximum atomic E-state index is 12.7. The Balaban J connectivity index is 3.43. The minimum atomic E-state index is -1.70. The molecule has 0 bridgehead atoms. The molecule has 0 spiro atoms. The van der Waals surface area contributed by atoms with Gasteiger partial charge in [0.1, 0.15) is 0 Å². The molecule has 0 aromatic carbocycles. The maximum absolute atomic E-state index is 12.7. The summed E-state index contributed by atoms with van der Waals surface area (Å²) in [4.78, 5) is 37.8. The van der Waals surface area contributed by atoms with E-state index < -0.39 is 17.4 Å². The maximum Gasteiger partial charge on any atom is 0.324 e. The van der Waals surface area contributed by atoms with Crippen molar-refractivity contribution in [1.82, 2.24) is 0 Å². The number of ketones is 1. The van der Waals surface area contributed by atoms with E-state index in [2.05, 4.69) is 6.92 Å². The quantitative estimate of drug-likeness (QED) is 0.540. The molecule has 2 atom stereocenters. The zero-order chi connectivity index (χ0) is 21.3. The summed E-state index contributed by atoms with van der Waals surface area (Å²) >= 11 is 0. The summed E-state index contributed by atoms with van der Waals surface area (Å²) < 4.78 is 15.3. The van der Waals surface area contributed by atoms with E-state index in [1.54, 1.807) is 14.0 Å². The Morgan fingerprint density at radius 3 is 2.18 bits per heavy atom. The molecular weight excluding hydrogens is 360 g/mol. The van der Waals surface area contributed by atoms with E-state index in [0.29, 0.717) is 6.42 Å². The monoisotopic (exact) mass is 392 g/mol. The number of ether oxygens (including phenoxy) is 3. The van der Waals surface area contributed by atoms with Gasteiger partial charge in [-0.15, -0.1) is 0 Å². The van der Waals surface area contributed by atoms with E-state index in [1.807, 2.05) is 25.2 Å². The van der Waals surface area contributed by atoms with Gasteiger partial charge in [0.15, 0.2) is 11.2 Å². The lowest BCUT2D eigenvalue weighted by Crippen LogP contribution is -2.43. The molecule has 1 aliphatic rings. The van der Waals surface area contributed by atoms with Crippen molar-refractivity contribution in [2.45, 2.75) is 52.6 Å². The van der Waals surface area contributed by atoms with Crippen LogP contribution in [-0.4, -0.2) is 45.2 Å². The molecular formula is C22H32O6. The number of hydrogen-bond acceptors (Lipinski definition) is 6. The van der Waals surface area contributed by atoms with Gasteiger partial charge in [-0.3, -0.25) is 14.4 Å². The first-order chi connectivity index (χ1) is 13.2. The van der Waals surface area contributed by atoms with Crippen LogP contribution < -0.4 is 0 Å². The van der Waals surface area contributed by atoms with Crippen molar-refractivity contribution in [3.05, 3.63) is 35.5 Å². The highest BCUT2D eigenvalue weighted by atomic mass is 16.5. The van der Waals surface area contributed by atoms with E-state index in [0.717, 1.165) is 17.6 Å². The highest BCUT2D eigenvalue weighted by Crippen LogP contribution is 2.35. The highest BCUT2D eigenvalue weighted by Gasteiger charge is 2.49. The number of allylic oxidation sites excluding steroid dienone is 5. The van der Waals surface area contributed by atoms with Crippen molar-refractivity contribution in [2.75, 3.05) is 21.3 Å².